The molecular weight excluding hydrogens is 596 g/mol. The van der Waals surface area contributed by atoms with Crippen molar-refractivity contribution in [2.24, 2.45) is 0 Å². The molecule has 4 heterocycles. The second kappa shape index (κ2) is 14.7. The molecule has 4 saturated heterocycles. The summed E-state index contributed by atoms with van der Waals surface area (Å²) in [6.45, 7) is -3.04. The summed E-state index contributed by atoms with van der Waals surface area (Å²) in [5.41, 5.74) is 0. The molecule has 4 aliphatic heterocycles. The molecule has 0 spiro atoms. The highest BCUT2D eigenvalue weighted by Gasteiger charge is 2.55. The van der Waals surface area contributed by atoms with E-state index < -0.39 is 143 Å². The van der Waals surface area contributed by atoms with Gasteiger partial charge >= 0.3 is 0 Å². The molecule has 0 bridgehead atoms. The maximum Gasteiger partial charge on any atom is 0.187 e. The Kier molecular flexibility index (Phi) is 12.0. The topological polar surface area (TPSA) is 328 Å². The summed E-state index contributed by atoms with van der Waals surface area (Å²) in [5, 5.41) is 132. The van der Waals surface area contributed by atoms with E-state index in [1.807, 2.05) is 0 Å². The Morgan fingerprint density at radius 2 is 0.953 bits per heavy atom. The molecule has 252 valence electrons. The lowest BCUT2D eigenvalue weighted by molar-refractivity contribution is -0.391. The lowest BCUT2D eigenvalue weighted by Crippen LogP contribution is -2.67. The quantitative estimate of drug-likeness (QED) is 0.112. The number of rotatable bonds is 9. The SMILES string of the molecule is OC[C@H]1O[C@@H](O[C@H]2[C@@H](O[C@@H]3O[C@H](CO)[C@@H](O)[C@H](O[C@@H]4OC[C@@H](O)[C@H](O)[C@H]4O)[C@H]3O)[C@@H](CO)OC(O)[C@@H]2O)[C@H](O)[C@@H](O)[C@@H]1O. The first-order valence-electron chi connectivity index (χ1n) is 13.5. The largest absolute Gasteiger partial charge is 0.394 e. The number of aliphatic hydroxyl groups excluding tert-OH is 13. The van der Waals surface area contributed by atoms with Gasteiger partial charge in [-0.3, -0.25) is 0 Å². The van der Waals surface area contributed by atoms with E-state index in [-0.39, 0.29) is 0 Å². The van der Waals surface area contributed by atoms with E-state index in [1.54, 1.807) is 0 Å². The van der Waals surface area contributed by atoms with Crippen LogP contribution in [0.5, 0.6) is 0 Å². The van der Waals surface area contributed by atoms with Crippen molar-refractivity contribution in [2.45, 2.75) is 117 Å². The Labute approximate surface area is 243 Å². The van der Waals surface area contributed by atoms with Gasteiger partial charge < -0.3 is 99.5 Å². The molecular formula is C23H40O20. The summed E-state index contributed by atoms with van der Waals surface area (Å²) in [6, 6.07) is 0. The molecule has 0 aromatic carbocycles. The van der Waals surface area contributed by atoms with Gasteiger partial charge in [0, 0.05) is 0 Å². The van der Waals surface area contributed by atoms with Crippen LogP contribution in [0.25, 0.3) is 0 Å². The molecule has 0 aromatic heterocycles. The highest BCUT2D eigenvalue weighted by Crippen LogP contribution is 2.34. The van der Waals surface area contributed by atoms with Crippen molar-refractivity contribution in [2.75, 3.05) is 26.4 Å². The maximum absolute atomic E-state index is 11.1. The molecule has 4 rings (SSSR count). The monoisotopic (exact) mass is 636 g/mol. The Morgan fingerprint density at radius 1 is 0.442 bits per heavy atom. The molecule has 19 atom stereocenters. The van der Waals surface area contributed by atoms with Crippen LogP contribution in [0, 0.1) is 0 Å². The summed E-state index contributed by atoms with van der Waals surface area (Å²) in [5.74, 6) is 0. The van der Waals surface area contributed by atoms with Gasteiger partial charge in [-0.15, -0.1) is 0 Å². The lowest BCUT2D eigenvalue weighted by atomic mass is 9.95. The third kappa shape index (κ3) is 7.13. The first-order chi connectivity index (χ1) is 20.3. The van der Waals surface area contributed by atoms with Gasteiger partial charge in [0.2, 0.25) is 0 Å². The normalized spacial score (nSPS) is 53.1. The summed E-state index contributed by atoms with van der Waals surface area (Å²) in [6.07, 6.45) is -33.4. The molecule has 0 saturated carbocycles. The van der Waals surface area contributed by atoms with Gasteiger partial charge in [0.15, 0.2) is 25.2 Å². The number of aliphatic hydroxyl groups is 13. The van der Waals surface area contributed by atoms with E-state index in [4.69, 9.17) is 33.2 Å². The molecule has 4 fully saturated rings. The van der Waals surface area contributed by atoms with Crippen LogP contribution in [0.2, 0.25) is 0 Å². The van der Waals surface area contributed by atoms with Crippen LogP contribution in [0.3, 0.4) is 0 Å². The highest BCUT2D eigenvalue weighted by atomic mass is 16.8. The van der Waals surface area contributed by atoms with Gasteiger partial charge in [0.05, 0.1) is 26.4 Å². The molecule has 0 radical (unpaired) electrons. The van der Waals surface area contributed by atoms with E-state index >= 15 is 0 Å². The van der Waals surface area contributed by atoms with Gasteiger partial charge in [0.1, 0.15) is 91.6 Å². The minimum absolute atomic E-state index is 0.476. The van der Waals surface area contributed by atoms with Crippen LogP contribution >= 0.6 is 0 Å². The van der Waals surface area contributed by atoms with Crippen LogP contribution in [-0.2, 0) is 33.2 Å². The predicted octanol–water partition coefficient (Wildman–Crippen LogP) is -9.11. The van der Waals surface area contributed by atoms with E-state index in [9.17, 15) is 66.4 Å². The van der Waals surface area contributed by atoms with E-state index in [0.717, 1.165) is 0 Å². The fraction of sp³-hybridized carbons (Fsp3) is 1.00. The highest BCUT2D eigenvalue weighted by molar-refractivity contribution is 4.97. The molecule has 20 heteroatoms. The van der Waals surface area contributed by atoms with Crippen LogP contribution in [0.1, 0.15) is 0 Å². The number of hydrogen-bond acceptors (Lipinski definition) is 20. The van der Waals surface area contributed by atoms with E-state index in [2.05, 4.69) is 0 Å². The van der Waals surface area contributed by atoms with Gasteiger partial charge in [-0.05, 0) is 0 Å². The average molecular weight is 637 g/mol. The Hall–Kier alpha value is -0.800. The van der Waals surface area contributed by atoms with Gasteiger partial charge in [-0.2, -0.15) is 0 Å². The third-order valence-electron chi connectivity index (χ3n) is 7.81. The van der Waals surface area contributed by atoms with Crippen molar-refractivity contribution in [3.63, 3.8) is 0 Å². The molecule has 20 nitrogen and oxygen atoms in total. The van der Waals surface area contributed by atoms with Crippen molar-refractivity contribution < 1.29 is 99.5 Å². The average Bonchev–Trinajstić information content (AvgIpc) is 2.99. The summed E-state index contributed by atoms with van der Waals surface area (Å²) < 4.78 is 38.0. The Morgan fingerprint density at radius 3 is 1.56 bits per heavy atom. The fourth-order valence-corrected chi connectivity index (χ4v) is 5.24. The van der Waals surface area contributed by atoms with Crippen molar-refractivity contribution in [3.8, 4) is 0 Å². The predicted molar refractivity (Wildman–Crippen MR) is 128 cm³/mol. The fourth-order valence-electron chi connectivity index (χ4n) is 5.24. The summed E-state index contributed by atoms with van der Waals surface area (Å²) in [7, 11) is 0. The van der Waals surface area contributed by atoms with E-state index in [1.165, 1.54) is 0 Å². The Balaban J connectivity index is 1.56. The molecule has 4 aliphatic rings. The maximum atomic E-state index is 11.1. The molecule has 13 N–H and O–H groups in total. The number of hydrogen-bond donors (Lipinski definition) is 13. The molecule has 43 heavy (non-hydrogen) atoms. The van der Waals surface area contributed by atoms with Crippen LogP contribution in [0.4, 0.5) is 0 Å². The molecule has 0 aromatic rings. The van der Waals surface area contributed by atoms with Crippen molar-refractivity contribution in [1.29, 1.82) is 0 Å². The summed E-state index contributed by atoms with van der Waals surface area (Å²) >= 11 is 0. The van der Waals surface area contributed by atoms with Crippen molar-refractivity contribution in [1.82, 2.24) is 0 Å². The van der Waals surface area contributed by atoms with Crippen molar-refractivity contribution in [3.05, 3.63) is 0 Å². The lowest BCUT2D eigenvalue weighted by Gasteiger charge is -2.49. The first-order valence-corrected chi connectivity index (χ1v) is 13.5. The third-order valence-corrected chi connectivity index (χ3v) is 7.81. The van der Waals surface area contributed by atoms with Crippen molar-refractivity contribution >= 4 is 0 Å². The second-order valence-corrected chi connectivity index (χ2v) is 10.7. The molecule has 1 unspecified atom stereocenters. The molecule has 0 amide bonds. The number of ether oxygens (including phenoxy) is 7. The van der Waals surface area contributed by atoms with Gasteiger partial charge in [0.25, 0.3) is 0 Å². The molecule has 0 aliphatic carbocycles. The van der Waals surface area contributed by atoms with Crippen LogP contribution < -0.4 is 0 Å². The van der Waals surface area contributed by atoms with Crippen LogP contribution in [0.15, 0.2) is 0 Å². The van der Waals surface area contributed by atoms with Gasteiger partial charge in [-0.1, -0.05) is 0 Å². The van der Waals surface area contributed by atoms with Crippen LogP contribution in [-0.4, -0.2) is 210 Å². The smallest absolute Gasteiger partial charge is 0.187 e. The zero-order valence-electron chi connectivity index (χ0n) is 22.5. The minimum atomic E-state index is -2.00. The van der Waals surface area contributed by atoms with Gasteiger partial charge in [-0.25, -0.2) is 0 Å². The standard InChI is InChI=1S/C23H40O20/c24-1-6-10(29)12(31)14(33)22(39-6)43-19-15(34)20(36)38-8(3-26)17(19)41-23-16(35)18(11(30)7(2-25)40-23)42-21-13(32)9(28)5(27)4-37-21/h5-36H,1-4H2/t5-,6-,7-,8-,9+,10-,11-,12+,13-,14-,15-,16-,17+,18+,19-,20?,21+,22+,23+/m1/s1. The summed E-state index contributed by atoms with van der Waals surface area (Å²) in [4.78, 5) is 0. The first kappa shape index (κ1) is 35.1. The minimum Gasteiger partial charge on any atom is -0.394 e. The Bertz CT molecular complexity index is 869. The zero-order valence-corrected chi connectivity index (χ0v) is 22.5. The zero-order chi connectivity index (χ0) is 31.7. The van der Waals surface area contributed by atoms with E-state index in [0.29, 0.717) is 0 Å². The second-order valence-electron chi connectivity index (χ2n) is 10.7.